The molecular formula is C16H26O. The first-order valence-electron chi connectivity index (χ1n) is 6.74. The van der Waals surface area contributed by atoms with Crippen LogP contribution in [-0.2, 0) is 6.42 Å². The minimum atomic E-state index is -0.563. The van der Waals surface area contributed by atoms with Crippen LogP contribution < -0.4 is 0 Å². The van der Waals surface area contributed by atoms with Crippen molar-refractivity contribution >= 4 is 0 Å². The fourth-order valence-corrected chi connectivity index (χ4v) is 2.35. The van der Waals surface area contributed by atoms with Gasteiger partial charge in [0.1, 0.15) is 0 Å². The Morgan fingerprint density at radius 2 is 1.71 bits per heavy atom. The maximum Gasteiger partial charge on any atom is 0.0660 e. The fraction of sp³-hybridized carbons (Fsp3) is 0.625. The van der Waals surface area contributed by atoms with E-state index in [4.69, 9.17) is 0 Å². The van der Waals surface area contributed by atoms with Crippen molar-refractivity contribution in [2.24, 2.45) is 0 Å². The number of aliphatic hydroxyl groups is 1. The summed E-state index contributed by atoms with van der Waals surface area (Å²) in [5.41, 5.74) is 3.34. The molecule has 0 saturated heterocycles. The Hall–Kier alpha value is -0.820. The lowest BCUT2D eigenvalue weighted by molar-refractivity contribution is 0.0483. The lowest BCUT2D eigenvalue weighted by Crippen LogP contribution is -2.27. The van der Waals surface area contributed by atoms with E-state index >= 15 is 0 Å². The van der Waals surface area contributed by atoms with Crippen molar-refractivity contribution in [1.29, 1.82) is 0 Å². The number of hydrogen-bond donors (Lipinski definition) is 1. The molecule has 0 radical (unpaired) electrons. The molecule has 1 aromatic rings. The molecular weight excluding hydrogens is 208 g/mol. The summed E-state index contributed by atoms with van der Waals surface area (Å²) in [6.45, 7) is 8.42. The summed E-state index contributed by atoms with van der Waals surface area (Å²) in [5.74, 6) is 0. The van der Waals surface area contributed by atoms with E-state index in [1.807, 2.05) is 6.92 Å². The van der Waals surface area contributed by atoms with Gasteiger partial charge in [0.25, 0.3) is 0 Å². The van der Waals surface area contributed by atoms with E-state index in [0.717, 1.165) is 19.3 Å². The van der Waals surface area contributed by atoms with E-state index in [1.165, 1.54) is 29.5 Å². The van der Waals surface area contributed by atoms with Crippen molar-refractivity contribution in [2.75, 3.05) is 0 Å². The highest BCUT2D eigenvalue weighted by Gasteiger charge is 2.21. The highest BCUT2D eigenvalue weighted by molar-refractivity contribution is 5.34. The van der Waals surface area contributed by atoms with Gasteiger partial charge < -0.3 is 5.11 Å². The van der Waals surface area contributed by atoms with Crippen LogP contribution in [-0.4, -0.2) is 10.7 Å². The van der Waals surface area contributed by atoms with Gasteiger partial charge in [0.15, 0.2) is 0 Å². The summed E-state index contributed by atoms with van der Waals surface area (Å²) in [5, 5.41) is 10.4. The molecule has 1 N–H and O–H groups in total. The molecule has 1 unspecified atom stereocenters. The van der Waals surface area contributed by atoms with Crippen molar-refractivity contribution < 1.29 is 5.11 Å². The van der Waals surface area contributed by atoms with Crippen LogP contribution in [0.5, 0.6) is 0 Å². The second-order valence-corrected chi connectivity index (χ2v) is 5.50. The number of aryl methyl sites for hydroxylation is 2. The summed E-state index contributed by atoms with van der Waals surface area (Å²) in [4.78, 5) is 0. The predicted molar refractivity (Wildman–Crippen MR) is 74.4 cm³/mol. The van der Waals surface area contributed by atoms with Crippen molar-refractivity contribution in [1.82, 2.24) is 0 Å². The molecule has 1 rings (SSSR count). The zero-order valence-electron chi connectivity index (χ0n) is 11.7. The van der Waals surface area contributed by atoms with Crippen LogP contribution in [0.25, 0.3) is 0 Å². The van der Waals surface area contributed by atoms with E-state index < -0.39 is 5.60 Å². The minimum Gasteiger partial charge on any atom is -0.390 e. The largest absolute Gasteiger partial charge is 0.390 e. The third-order valence-electron chi connectivity index (χ3n) is 3.52. The van der Waals surface area contributed by atoms with Crippen LogP contribution in [0, 0.1) is 13.8 Å². The first-order valence-corrected chi connectivity index (χ1v) is 6.74. The molecule has 0 aliphatic rings. The molecule has 0 bridgehead atoms. The number of unbranched alkanes of at least 4 members (excludes halogenated alkanes) is 2. The van der Waals surface area contributed by atoms with Crippen LogP contribution in [0.3, 0.4) is 0 Å². The van der Waals surface area contributed by atoms with Crippen molar-refractivity contribution in [3.63, 3.8) is 0 Å². The Kier molecular flexibility index (Phi) is 5.20. The van der Waals surface area contributed by atoms with E-state index in [1.54, 1.807) is 0 Å². The molecule has 1 heteroatoms. The average Bonchev–Trinajstić information content (AvgIpc) is 2.24. The molecule has 96 valence electrons. The van der Waals surface area contributed by atoms with Crippen molar-refractivity contribution in [3.8, 4) is 0 Å². The fourth-order valence-electron chi connectivity index (χ4n) is 2.35. The molecule has 0 saturated carbocycles. The molecule has 1 atom stereocenters. The minimum absolute atomic E-state index is 0.563. The van der Waals surface area contributed by atoms with Gasteiger partial charge in [0, 0.05) is 6.42 Å². The highest BCUT2D eigenvalue weighted by atomic mass is 16.3. The van der Waals surface area contributed by atoms with Crippen LogP contribution >= 0.6 is 0 Å². The Balaban J connectivity index is 2.69. The monoisotopic (exact) mass is 234 g/mol. The van der Waals surface area contributed by atoms with Gasteiger partial charge in [-0.1, -0.05) is 44.4 Å². The normalized spacial score (nSPS) is 14.6. The Morgan fingerprint density at radius 1 is 1.12 bits per heavy atom. The van der Waals surface area contributed by atoms with E-state index in [2.05, 4.69) is 39.0 Å². The lowest BCUT2D eigenvalue weighted by atomic mass is 9.87. The van der Waals surface area contributed by atoms with Gasteiger partial charge in [-0.3, -0.25) is 0 Å². The lowest BCUT2D eigenvalue weighted by Gasteiger charge is -2.25. The zero-order valence-corrected chi connectivity index (χ0v) is 11.7. The molecule has 0 aliphatic carbocycles. The van der Waals surface area contributed by atoms with E-state index in [9.17, 15) is 5.11 Å². The summed E-state index contributed by atoms with van der Waals surface area (Å²) >= 11 is 0. The quantitative estimate of drug-likeness (QED) is 0.732. The SMILES string of the molecule is CCCCCC(C)(O)Cc1c(C)cccc1C. The average molecular weight is 234 g/mol. The second-order valence-electron chi connectivity index (χ2n) is 5.50. The number of rotatable bonds is 6. The smallest absolute Gasteiger partial charge is 0.0660 e. The highest BCUT2D eigenvalue weighted by Crippen LogP contribution is 2.24. The van der Waals surface area contributed by atoms with Gasteiger partial charge in [-0.15, -0.1) is 0 Å². The van der Waals surface area contributed by atoms with Gasteiger partial charge >= 0.3 is 0 Å². The van der Waals surface area contributed by atoms with Gasteiger partial charge in [0.05, 0.1) is 5.60 Å². The van der Waals surface area contributed by atoms with Crippen LogP contribution in [0.1, 0.15) is 56.2 Å². The first-order chi connectivity index (χ1) is 7.96. The Bertz CT molecular complexity index is 332. The van der Waals surface area contributed by atoms with Gasteiger partial charge in [0.2, 0.25) is 0 Å². The van der Waals surface area contributed by atoms with E-state index in [-0.39, 0.29) is 0 Å². The van der Waals surface area contributed by atoms with Crippen LogP contribution in [0.4, 0.5) is 0 Å². The summed E-state index contributed by atoms with van der Waals surface area (Å²) < 4.78 is 0. The molecule has 0 aromatic heterocycles. The second kappa shape index (κ2) is 6.20. The van der Waals surface area contributed by atoms with Crippen LogP contribution in [0.15, 0.2) is 18.2 Å². The third-order valence-corrected chi connectivity index (χ3v) is 3.52. The first kappa shape index (κ1) is 14.2. The van der Waals surface area contributed by atoms with Gasteiger partial charge in [-0.2, -0.15) is 0 Å². The molecule has 0 fully saturated rings. The molecule has 1 nitrogen and oxygen atoms in total. The maximum absolute atomic E-state index is 10.4. The van der Waals surface area contributed by atoms with Gasteiger partial charge in [-0.05, 0) is 43.9 Å². The Labute approximate surface area is 106 Å². The zero-order chi connectivity index (χ0) is 12.9. The standard InChI is InChI=1S/C16H26O/c1-5-6-7-11-16(4,17)12-15-13(2)9-8-10-14(15)3/h8-10,17H,5-7,11-12H2,1-4H3. The number of benzene rings is 1. The topological polar surface area (TPSA) is 20.2 Å². The summed E-state index contributed by atoms with van der Waals surface area (Å²) in [7, 11) is 0. The predicted octanol–water partition coefficient (Wildman–Crippen LogP) is 4.18. The maximum atomic E-state index is 10.4. The Morgan fingerprint density at radius 3 is 2.24 bits per heavy atom. The third kappa shape index (κ3) is 4.51. The van der Waals surface area contributed by atoms with Crippen molar-refractivity contribution in [2.45, 2.75) is 65.4 Å². The molecule has 0 spiro atoms. The molecule has 0 heterocycles. The molecule has 0 amide bonds. The summed E-state index contributed by atoms with van der Waals surface area (Å²) in [6, 6.07) is 6.34. The van der Waals surface area contributed by atoms with Crippen molar-refractivity contribution in [3.05, 3.63) is 34.9 Å². The molecule has 1 aromatic carbocycles. The van der Waals surface area contributed by atoms with E-state index in [0.29, 0.717) is 0 Å². The molecule has 0 aliphatic heterocycles. The summed E-state index contributed by atoms with van der Waals surface area (Å²) in [6.07, 6.45) is 5.21. The van der Waals surface area contributed by atoms with Gasteiger partial charge in [-0.25, -0.2) is 0 Å². The number of hydrogen-bond acceptors (Lipinski definition) is 1. The molecule has 17 heavy (non-hydrogen) atoms. The van der Waals surface area contributed by atoms with Crippen LogP contribution in [0.2, 0.25) is 0 Å².